The van der Waals surface area contributed by atoms with Gasteiger partial charge in [-0.3, -0.25) is 0 Å². The maximum absolute atomic E-state index is 4.51. The highest BCUT2D eigenvalue weighted by atomic mass is 32.2. The molecule has 0 spiro atoms. The van der Waals surface area contributed by atoms with Crippen LogP contribution in [0.25, 0.3) is 16.0 Å². The molecule has 0 atom stereocenters. The first-order valence-electron chi connectivity index (χ1n) is 7.74. The van der Waals surface area contributed by atoms with Crippen LogP contribution in [0.5, 0.6) is 0 Å². The number of benzene rings is 1. The molecule has 25 heavy (non-hydrogen) atoms. The second-order valence-electron chi connectivity index (χ2n) is 5.44. The van der Waals surface area contributed by atoms with Crippen LogP contribution in [0.4, 0.5) is 5.82 Å². The van der Waals surface area contributed by atoms with Gasteiger partial charge in [0.15, 0.2) is 9.99 Å². The van der Waals surface area contributed by atoms with E-state index in [2.05, 4.69) is 37.5 Å². The van der Waals surface area contributed by atoms with E-state index in [1.165, 1.54) is 0 Å². The van der Waals surface area contributed by atoms with Crippen molar-refractivity contribution in [2.75, 3.05) is 11.6 Å². The van der Waals surface area contributed by atoms with Gasteiger partial charge in [0.1, 0.15) is 16.8 Å². The van der Waals surface area contributed by atoms with E-state index in [0.717, 1.165) is 37.4 Å². The van der Waals surface area contributed by atoms with E-state index in [4.69, 9.17) is 0 Å². The summed E-state index contributed by atoms with van der Waals surface area (Å²) in [6.45, 7) is 2.63. The van der Waals surface area contributed by atoms with Crippen molar-refractivity contribution >= 4 is 39.3 Å². The lowest BCUT2D eigenvalue weighted by molar-refractivity contribution is 0.848. The second-order valence-corrected chi connectivity index (χ2v) is 7.50. The molecule has 0 fully saturated rings. The van der Waals surface area contributed by atoms with Gasteiger partial charge in [0, 0.05) is 12.7 Å². The molecule has 0 aliphatic rings. The highest BCUT2D eigenvalue weighted by molar-refractivity contribution is 8.00. The van der Waals surface area contributed by atoms with Crippen LogP contribution < -0.4 is 5.32 Å². The zero-order chi connectivity index (χ0) is 17.2. The number of rotatable bonds is 5. The number of thiazole rings is 1. The molecule has 1 aromatic carbocycles. The highest BCUT2D eigenvalue weighted by Crippen LogP contribution is 2.31. The van der Waals surface area contributed by atoms with Crippen LogP contribution in [0.15, 0.2) is 47.2 Å². The summed E-state index contributed by atoms with van der Waals surface area (Å²) in [5.41, 5.74) is 3.94. The minimum Gasteiger partial charge on any atom is -0.365 e. The van der Waals surface area contributed by atoms with Crippen LogP contribution in [0, 0.1) is 6.92 Å². The fourth-order valence-electron chi connectivity index (χ4n) is 2.56. The predicted molar refractivity (Wildman–Crippen MR) is 103 cm³/mol. The summed E-state index contributed by atoms with van der Waals surface area (Å²) < 4.78 is 3.88. The molecule has 0 saturated heterocycles. The summed E-state index contributed by atoms with van der Waals surface area (Å²) in [6.07, 6.45) is 5.54. The molecule has 0 bridgehead atoms. The average Bonchev–Trinajstić information content (AvgIpc) is 3.26. The molecule has 0 aliphatic carbocycles. The maximum atomic E-state index is 4.51. The first kappa shape index (κ1) is 16.0. The monoisotopic (exact) mass is 368 g/mol. The Kier molecular flexibility index (Phi) is 4.37. The number of hydrogen-bond donors (Lipinski definition) is 1. The summed E-state index contributed by atoms with van der Waals surface area (Å²) in [4.78, 5) is 13.1. The van der Waals surface area contributed by atoms with E-state index in [0.29, 0.717) is 6.54 Å². The number of aryl methyl sites for hydroxylation is 1. The van der Waals surface area contributed by atoms with Crippen LogP contribution >= 0.6 is 23.1 Å². The Morgan fingerprint density at radius 2 is 2.08 bits per heavy atom. The summed E-state index contributed by atoms with van der Waals surface area (Å²) >= 11 is 3.23. The third kappa shape index (κ3) is 3.22. The maximum Gasteiger partial charge on any atom is 0.176 e. The molecule has 6 nitrogen and oxygen atoms in total. The van der Waals surface area contributed by atoms with Crippen molar-refractivity contribution in [3.05, 3.63) is 54.1 Å². The molecule has 0 amide bonds. The molecular weight excluding hydrogens is 352 g/mol. The fourth-order valence-corrected chi connectivity index (χ4v) is 4.04. The van der Waals surface area contributed by atoms with Gasteiger partial charge in [-0.1, -0.05) is 30.0 Å². The molecule has 126 valence electrons. The van der Waals surface area contributed by atoms with Gasteiger partial charge < -0.3 is 5.32 Å². The number of fused-ring (bicyclic) bond motifs is 1. The Balaban J connectivity index is 1.63. The summed E-state index contributed by atoms with van der Waals surface area (Å²) in [5, 5.41) is 7.94. The topological polar surface area (TPSA) is 68.5 Å². The predicted octanol–water partition coefficient (Wildman–Crippen LogP) is 3.91. The number of thioether (sulfide) groups is 1. The van der Waals surface area contributed by atoms with E-state index < -0.39 is 0 Å². The van der Waals surface area contributed by atoms with Crippen molar-refractivity contribution in [1.29, 1.82) is 0 Å². The molecule has 1 N–H and O–H groups in total. The Morgan fingerprint density at radius 3 is 2.88 bits per heavy atom. The van der Waals surface area contributed by atoms with E-state index >= 15 is 0 Å². The van der Waals surface area contributed by atoms with Crippen molar-refractivity contribution in [1.82, 2.24) is 24.7 Å². The zero-order valence-corrected chi connectivity index (χ0v) is 15.4. The molecule has 0 radical (unpaired) electrons. The smallest absolute Gasteiger partial charge is 0.176 e. The quantitative estimate of drug-likeness (QED) is 0.539. The van der Waals surface area contributed by atoms with Gasteiger partial charge in [-0.15, -0.1) is 11.3 Å². The van der Waals surface area contributed by atoms with Crippen LogP contribution in [-0.4, -0.2) is 31.0 Å². The van der Waals surface area contributed by atoms with Gasteiger partial charge in [0.2, 0.25) is 0 Å². The van der Waals surface area contributed by atoms with Gasteiger partial charge in [0.05, 0.1) is 11.4 Å². The lowest BCUT2D eigenvalue weighted by Gasteiger charge is -2.11. The van der Waals surface area contributed by atoms with E-state index in [1.807, 2.05) is 42.3 Å². The van der Waals surface area contributed by atoms with Crippen molar-refractivity contribution in [3.8, 4) is 5.69 Å². The van der Waals surface area contributed by atoms with E-state index in [1.54, 1.807) is 29.4 Å². The minimum absolute atomic E-state index is 0.647. The Hall–Kier alpha value is -2.45. The average molecular weight is 368 g/mol. The lowest BCUT2D eigenvalue weighted by atomic mass is 10.2. The van der Waals surface area contributed by atoms with Gasteiger partial charge in [-0.05, 0) is 30.9 Å². The number of anilines is 1. The van der Waals surface area contributed by atoms with E-state index in [9.17, 15) is 0 Å². The molecular formula is C17H16N6S2. The largest absolute Gasteiger partial charge is 0.365 e. The van der Waals surface area contributed by atoms with E-state index in [-0.39, 0.29) is 0 Å². The molecule has 0 aliphatic heterocycles. The van der Waals surface area contributed by atoms with Crippen LogP contribution in [0.1, 0.15) is 11.3 Å². The molecule has 4 rings (SSSR count). The van der Waals surface area contributed by atoms with Gasteiger partial charge in [-0.2, -0.15) is 5.10 Å². The first-order chi connectivity index (χ1) is 12.2. The highest BCUT2D eigenvalue weighted by Gasteiger charge is 2.11. The second kappa shape index (κ2) is 6.81. The van der Waals surface area contributed by atoms with Crippen molar-refractivity contribution < 1.29 is 0 Å². The molecule has 3 aromatic heterocycles. The third-order valence-electron chi connectivity index (χ3n) is 3.75. The number of nitrogens with one attached hydrogen (secondary N) is 1. The van der Waals surface area contributed by atoms with Crippen molar-refractivity contribution in [2.45, 2.75) is 17.8 Å². The summed E-state index contributed by atoms with van der Waals surface area (Å²) in [7, 11) is 0. The SMILES string of the molecule is CSc1nc2ncnc(NCc3ccccc3-n3ccc(C)n3)c2s1. The molecule has 4 aromatic rings. The number of aromatic nitrogens is 5. The normalized spacial score (nSPS) is 11.1. The van der Waals surface area contributed by atoms with Gasteiger partial charge >= 0.3 is 0 Å². The Labute approximate surface area is 153 Å². The molecule has 0 saturated carbocycles. The fraction of sp³-hybridized carbons (Fsp3) is 0.176. The zero-order valence-electron chi connectivity index (χ0n) is 13.8. The molecule has 0 unspecified atom stereocenters. The van der Waals surface area contributed by atoms with Gasteiger partial charge in [-0.25, -0.2) is 19.6 Å². The van der Waals surface area contributed by atoms with Crippen LogP contribution in [0.2, 0.25) is 0 Å². The number of para-hydroxylation sites is 1. The molecule has 3 heterocycles. The Bertz CT molecular complexity index is 1020. The summed E-state index contributed by atoms with van der Waals surface area (Å²) in [5.74, 6) is 0.814. The van der Waals surface area contributed by atoms with Crippen LogP contribution in [-0.2, 0) is 6.54 Å². The van der Waals surface area contributed by atoms with Crippen molar-refractivity contribution in [2.24, 2.45) is 0 Å². The number of nitrogens with zero attached hydrogens (tertiary/aromatic N) is 5. The molecule has 8 heteroatoms. The van der Waals surface area contributed by atoms with Gasteiger partial charge in [0.25, 0.3) is 0 Å². The first-order valence-corrected chi connectivity index (χ1v) is 9.78. The third-order valence-corrected chi connectivity index (χ3v) is 5.79. The minimum atomic E-state index is 0.647. The lowest BCUT2D eigenvalue weighted by Crippen LogP contribution is -2.07. The van der Waals surface area contributed by atoms with Crippen molar-refractivity contribution in [3.63, 3.8) is 0 Å². The van der Waals surface area contributed by atoms with Crippen LogP contribution in [0.3, 0.4) is 0 Å². The Morgan fingerprint density at radius 1 is 1.20 bits per heavy atom. The summed E-state index contributed by atoms with van der Waals surface area (Å²) in [6, 6.07) is 10.2. The standard InChI is InChI=1S/C17H16N6S2/c1-11-7-8-23(22-11)13-6-4-3-5-12(13)9-18-15-14-16(20-10-19-15)21-17(24-2)25-14/h3-8,10H,9H2,1-2H3,(H,18,19,20). The number of hydrogen-bond acceptors (Lipinski definition) is 7.